The van der Waals surface area contributed by atoms with Crippen molar-refractivity contribution in [3.8, 4) is 0 Å². The summed E-state index contributed by atoms with van der Waals surface area (Å²) in [6.45, 7) is 30.6. The van der Waals surface area contributed by atoms with Crippen LogP contribution in [0.3, 0.4) is 0 Å². The highest BCUT2D eigenvalue weighted by atomic mass is 16.5. The fourth-order valence-electron chi connectivity index (χ4n) is 2.07. The summed E-state index contributed by atoms with van der Waals surface area (Å²) in [5.74, 6) is -1.06. The van der Waals surface area contributed by atoms with Crippen LogP contribution in [0.5, 0.6) is 0 Å². The van der Waals surface area contributed by atoms with Crippen LogP contribution in [0.4, 0.5) is 0 Å². The van der Waals surface area contributed by atoms with Gasteiger partial charge in [-0.3, -0.25) is 0 Å². The Morgan fingerprint density at radius 2 is 1.14 bits per heavy atom. The molecule has 0 aliphatic rings. The van der Waals surface area contributed by atoms with Gasteiger partial charge in [-0.2, -0.15) is 0 Å². The number of carbonyl (C=O) groups is 3. The molecule has 1 rings (SSSR count). The second kappa shape index (κ2) is 37.1. The molecule has 7 heteroatoms. The van der Waals surface area contributed by atoms with E-state index in [1.54, 1.807) is 0 Å². The maximum atomic E-state index is 11.5. The number of unbranched alkanes of at least 4 members (excludes halogenated alkanes) is 2. The Kier molecular flexibility index (Phi) is 39.6. The van der Waals surface area contributed by atoms with E-state index in [-0.39, 0.29) is 25.2 Å². The smallest absolute Gasteiger partial charge is 0.333 e. The molecule has 0 aliphatic heterocycles. The van der Waals surface area contributed by atoms with E-state index in [0.717, 1.165) is 37.3 Å². The summed E-state index contributed by atoms with van der Waals surface area (Å²) in [5.41, 5.74) is 3.95. The van der Waals surface area contributed by atoms with Crippen LogP contribution in [0, 0.1) is 0 Å². The van der Waals surface area contributed by atoms with Crippen molar-refractivity contribution in [2.75, 3.05) is 26.4 Å². The molecule has 0 saturated carbocycles. The average Bonchev–Trinajstić information content (AvgIpc) is 2.98. The van der Waals surface area contributed by atoms with Gasteiger partial charge in [0.05, 0.1) is 19.8 Å². The van der Waals surface area contributed by atoms with Crippen molar-refractivity contribution in [2.45, 2.75) is 80.1 Å². The van der Waals surface area contributed by atoms with Gasteiger partial charge >= 0.3 is 17.9 Å². The van der Waals surface area contributed by atoms with Crippen LogP contribution in [-0.2, 0) is 28.6 Å². The molecule has 1 N–H and O–H groups in total. The fourth-order valence-corrected chi connectivity index (χ4v) is 2.07. The lowest BCUT2D eigenvalue weighted by molar-refractivity contribution is -0.139. The number of carbonyl (C=O) groups excluding carboxylic acids is 3. The van der Waals surface area contributed by atoms with Gasteiger partial charge in [-0.1, -0.05) is 100 Å². The first-order chi connectivity index (χ1) is 20.8. The topological polar surface area (TPSA) is 99.1 Å². The first kappa shape index (κ1) is 47.0. The number of rotatable bonds is 15. The zero-order chi connectivity index (χ0) is 34.6. The van der Waals surface area contributed by atoms with E-state index in [1.165, 1.54) is 17.2 Å². The Morgan fingerprint density at radius 3 is 1.52 bits per heavy atom. The number of hydrogen-bond acceptors (Lipinski definition) is 7. The van der Waals surface area contributed by atoms with Crippen molar-refractivity contribution in [1.29, 1.82) is 0 Å². The zero-order valence-corrected chi connectivity index (χ0v) is 28.2. The van der Waals surface area contributed by atoms with Crippen molar-refractivity contribution < 1.29 is 33.7 Å². The molecule has 1 aromatic carbocycles. The lowest BCUT2D eigenvalue weighted by Crippen LogP contribution is -2.07. The second-order valence-electron chi connectivity index (χ2n) is 9.70. The number of benzene rings is 1. The minimum Gasteiger partial charge on any atom is -0.463 e. The molecule has 0 unspecified atom stereocenters. The first-order valence-electron chi connectivity index (χ1n) is 14.8. The van der Waals surface area contributed by atoms with Gasteiger partial charge in [-0.05, 0) is 52.5 Å². The molecule has 44 heavy (non-hydrogen) atoms. The molecule has 0 radical (unpaired) electrons. The van der Waals surface area contributed by atoms with Crippen LogP contribution < -0.4 is 0 Å². The molecule has 0 saturated heterocycles. The van der Waals surface area contributed by atoms with Crippen molar-refractivity contribution in [1.82, 2.24) is 0 Å². The molecule has 7 nitrogen and oxygen atoms in total. The third-order valence-electron chi connectivity index (χ3n) is 4.12. The highest BCUT2D eigenvalue weighted by molar-refractivity contribution is 5.88. The van der Waals surface area contributed by atoms with Crippen LogP contribution >= 0.6 is 0 Å². The van der Waals surface area contributed by atoms with Crippen molar-refractivity contribution in [2.24, 2.45) is 0 Å². The lowest BCUT2D eigenvalue weighted by Gasteiger charge is -2.04. The molecule has 1 aromatic rings. The summed E-state index contributed by atoms with van der Waals surface area (Å²) >= 11 is 0. The van der Waals surface area contributed by atoms with Gasteiger partial charge in [-0.25, -0.2) is 14.4 Å². The molecule has 0 aromatic heterocycles. The van der Waals surface area contributed by atoms with E-state index < -0.39 is 5.97 Å². The molecule has 0 aliphatic carbocycles. The molecule has 248 valence electrons. The van der Waals surface area contributed by atoms with Gasteiger partial charge in [0.15, 0.2) is 0 Å². The number of ether oxygens (including phenoxy) is 3. The molecule has 0 fully saturated rings. The Bertz CT molecular complexity index is 913. The van der Waals surface area contributed by atoms with Crippen molar-refractivity contribution >= 4 is 24.0 Å². The minimum absolute atomic E-state index is 0.0461. The van der Waals surface area contributed by atoms with E-state index in [4.69, 9.17) is 9.84 Å². The van der Waals surface area contributed by atoms with Crippen molar-refractivity contribution in [3.63, 3.8) is 0 Å². The maximum absolute atomic E-state index is 11.5. The standard InChI is InChI=1S/C16H20O2.C7H12O2.C6H10O3.2C4H8/c1-3-4-13-18-16(17)14(2)9-8-12-15-10-6-5-7-11-15;1-3-5-6-9-7(8)4-2;1-2-6(8)9-5-3-4-7;2*1-4(2)3/h5-8,10-12H,2-4,9,13H2,1H3;4H,2-3,5-6H2,1H3;2,7H,1,3-5H2;2*1H2,2-3H3. The number of hydrogen-bond donors (Lipinski definition) is 1. The van der Waals surface area contributed by atoms with E-state index in [1.807, 2.05) is 77.1 Å². The van der Waals surface area contributed by atoms with Gasteiger partial charge in [0.2, 0.25) is 0 Å². The Hall–Kier alpha value is -3.97. The van der Waals surface area contributed by atoms with Gasteiger partial charge in [0.25, 0.3) is 0 Å². The lowest BCUT2D eigenvalue weighted by atomic mass is 10.1. The van der Waals surface area contributed by atoms with Gasteiger partial charge < -0.3 is 19.3 Å². The first-order valence-corrected chi connectivity index (χ1v) is 14.8. The number of aliphatic hydroxyl groups excluding tert-OH is 1. The van der Waals surface area contributed by atoms with Crippen LogP contribution in [0.25, 0.3) is 6.08 Å². The van der Waals surface area contributed by atoms with E-state index in [2.05, 4.69) is 49.3 Å². The summed E-state index contributed by atoms with van der Waals surface area (Å²) < 4.78 is 14.3. The predicted molar refractivity (Wildman–Crippen MR) is 185 cm³/mol. The molecule has 0 spiro atoms. The Balaban J connectivity index is -0.000000260. The van der Waals surface area contributed by atoms with Gasteiger partial charge in [0, 0.05) is 30.8 Å². The molecule has 0 bridgehead atoms. The SMILES string of the molecule is C=C(C)C.C=C(C)C.C=C(CC=Cc1ccccc1)C(=O)OCCCC.C=CC(=O)OCCCC.C=CC(=O)OCCCO. The average molecular weight is 615 g/mol. The Labute approximate surface area is 267 Å². The zero-order valence-electron chi connectivity index (χ0n) is 28.2. The summed E-state index contributed by atoms with van der Waals surface area (Å²) in [5, 5.41) is 8.23. The van der Waals surface area contributed by atoms with Crippen LogP contribution in [0.1, 0.15) is 85.6 Å². The number of aliphatic hydroxyl groups is 1. The molecule has 0 amide bonds. The highest BCUT2D eigenvalue weighted by Crippen LogP contribution is 2.07. The monoisotopic (exact) mass is 614 g/mol. The third-order valence-corrected chi connectivity index (χ3v) is 4.12. The summed E-state index contributed by atoms with van der Waals surface area (Å²) in [6, 6.07) is 9.96. The van der Waals surface area contributed by atoms with Crippen molar-refractivity contribution in [3.05, 3.63) is 104 Å². The molecule has 0 atom stereocenters. The largest absolute Gasteiger partial charge is 0.463 e. The normalized spacial score (nSPS) is 8.98. The second-order valence-corrected chi connectivity index (χ2v) is 9.70. The van der Waals surface area contributed by atoms with Crippen LogP contribution in [0.15, 0.2) is 98.2 Å². The fraction of sp³-hybridized carbons (Fsp3) is 0.432. The molecule has 0 heterocycles. The minimum atomic E-state index is -0.441. The van der Waals surface area contributed by atoms with Gasteiger partial charge in [-0.15, -0.1) is 13.2 Å². The maximum Gasteiger partial charge on any atom is 0.333 e. The summed E-state index contributed by atoms with van der Waals surface area (Å²) in [6.07, 6.45) is 11.1. The van der Waals surface area contributed by atoms with Crippen LogP contribution in [0.2, 0.25) is 0 Å². The highest BCUT2D eigenvalue weighted by Gasteiger charge is 2.05. The molecular weight excluding hydrogens is 556 g/mol. The van der Waals surface area contributed by atoms with Gasteiger partial charge in [0.1, 0.15) is 0 Å². The molecular formula is C37H58O7. The third kappa shape index (κ3) is 47.8. The summed E-state index contributed by atoms with van der Waals surface area (Å²) in [4.78, 5) is 32.1. The Morgan fingerprint density at radius 1 is 0.727 bits per heavy atom. The number of allylic oxidation sites excluding steroid dienone is 3. The predicted octanol–water partition coefficient (Wildman–Crippen LogP) is 8.77. The van der Waals surface area contributed by atoms with E-state index >= 15 is 0 Å². The van der Waals surface area contributed by atoms with Crippen LogP contribution in [-0.4, -0.2) is 49.4 Å². The number of esters is 3. The quantitative estimate of drug-likeness (QED) is 0.0693. The summed E-state index contributed by atoms with van der Waals surface area (Å²) in [7, 11) is 0. The van der Waals surface area contributed by atoms with E-state index in [9.17, 15) is 14.4 Å². The van der Waals surface area contributed by atoms with E-state index in [0.29, 0.717) is 31.6 Å².